The second kappa shape index (κ2) is 8.00. The van der Waals surface area contributed by atoms with Gasteiger partial charge < -0.3 is 16.0 Å². The van der Waals surface area contributed by atoms with E-state index in [4.69, 9.17) is 0 Å². The van der Waals surface area contributed by atoms with E-state index in [0.717, 1.165) is 38.5 Å². The Morgan fingerprint density at radius 3 is 2.57 bits per heavy atom. The first-order valence-corrected chi connectivity index (χ1v) is 8.01. The molecule has 0 unspecified atom stereocenters. The smallest absolute Gasteiger partial charge is 0.242 e. The van der Waals surface area contributed by atoms with Crippen LogP contribution in [-0.2, 0) is 14.4 Å². The molecular weight excluding hydrogens is 270 g/mol. The molecule has 3 N–H and O–H groups in total. The quantitative estimate of drug-likeness (QED) is 0.689. The van der Waals surface area contributed by atoms with E-state index in [2.05, 4.69) is 16.0 Å². The van der Waals surface area contributed by atoms with Gasteiger partial charge in [0, 0.05) is 25.4 Å². The summed E-state index contributed by atoms with van der Waals surface area (Å²) in [6, 6.07) is -0.425. The van der Waals surface area contributed by atoms with Gasteiger partial charge in [0.15, 0.2) is 0 Å². The Labute approximate surface area is 125 Å². The van der Waals surface area contributed by atoms with Gasteiger partial charge in [0.2, 0.25) is 17.7 Å². The maximum Gasteiger partial charge on any atom is 0.242 e. The molecule has 118 valence electrons. The Balaban J connectivity index is 1.64. The van der Waals surface area contributed by atoms with Crippen LogP contribution in [0.25, 0.3) is 0 Å². The number of rotatable bonds is 5. The molecule has 0 aromatic heterocycles. The molecule has 2 aliphatic rings. The van der Waals surface area contributed by atoms with Gasteiger partial charge in [-0.2, -0.15) is 0 Å². The second-order valence-electron chi connectivity index (χ2n) is 5.93. The van der Waals surface area contributed by atoms with Gasteiger partial charge in [-0.1, -0.05) is 12.8 Å². The summed E-state index contributed by atoms with van der Waals surface area (Å²) in [4.78, 5) is 35.3. The molecule has 1 aliphatic heterocycles. The van der Waals surface area contributed by atoms with Gasteiger partial charge in [-0.15, -0.1) is 0 Å². The van der Waals surface area contributed by atoms with Crippen LogP contribution in [0.2, 0.25) is 0 Å². The minimum atomic E-state index is -0.425. The lowest BCUT2D eigenvalue weighted by atomic mass is 10.1. The van der Waals surface area contributed by atoms with E-state index in [0.29, 0.717) is 19.5 Å². The largest absolute Gasteiger partial charge is 0.355 e. The highest BCUT2D eigenvalue weighted by Gasteiger charge is 2.24. The fourth-order valence-electron chi connectivity index (χ4n) is 2.98. The molecule has 0 radical (unpaired) electrons. The first-order valence-electron chi connectivity index (χ1n) is 8.01. The van der Waals surface area contributed by atoms with Crippen molar-refractivity contribution in [3.05, 3.63) is 0 Å². The molecule has 1 atom stereocenters. The summed E-state index contributed by atoms with van der Waals surface area (Å²) in [5.41, 5.74) is 0. The zero-order valence-electron chi connectivity index (χ0n) is 12.5. The van der Waals surface area contributed by atoms with Crippen LogP contribution in [0.3, 0.4) is 0 Å². The molecule has 0 aromatic rings. The van der Waals surface area contributed by atoms with E-state index < -0.39 is 6.04 Å². The normalized spacial score (nSPS) is 23.2. The van der Waals surface area contributed by atoms with Crippen LogP contribution >= 0.6 is 0 Å². The standard InChI is InChI=1S/C15H25N3O3/c19-13(18-12-7-3-4-9-16-15(12)21)8-10-17-14(20)11-5-1-2-6-11/h11-12H,1-10H2,(H,16,21)(H,17,20)(H,18,19)/t12-/m0/s1. The minimum Gasteiger partial charge on any atom is -0.355 e. The van der Waals surface area contributed by atoms with E-state index in [-0.39, 0.29) is 30.1 Å². The molecule has 6 heteroatoms. The molecule has 0 spiro atoms. The van der Waals surface area contributed by atoms with E-state index in [9.17, 15) is 14.4 Å². The lowest BCUT2D eigenvalue weighted by molar-refractivity contribution is -0.129. The summed E-state index contributed by atoms with van der Waals surface area (Å²) >= 11 is 0. The molecule has 2 fully saturated rings. The number of carbonyl (C=O) groups is 3. The average Bonchev–Trinajstić information content (AvgIpc) is 2.92. The highest BCUT2D eigenvalue weighted by molar-refractivity contribution is 5.88. The first-order chi connectivity index (χ1) is 10.2. The van der Waals surface area contributed by atoms with Crippen LogP contribution in [0.15, 0.2) is 0 Å². The van der Waals surface area contributed by atoms with Gasteiger partial charge in [0.1, 0.15) is 6.04 Å². The van der Waals surface area contributed by atoms with Gasteiger partial charge >= 0.3 is 0 Å². The van der Waals surface area contributed by atoms with Crippen molar-refractivity contribution in [3.8, 4) is 0 Å². The highest BCUT2D eigenvalue weighted by Crippen LogP contribution is 2.24. The van der Waals surface area contributed by atoms with Crippen LogP contribution in [0.5, 0.6) is 0 Å². The zero-order chi connectivity index (χ0) is 15.1. The van der Waals surface area contributed by atoms with E-state index >= 15 is 0 Å². The maximum atomic E-state index is 11.8. The summed E-state index contributed by atoms with van der Waals surface area (Å²) < 4.78 is 0. The van der Waals surface area contributed by atoms with Crippen molar-refractivity contribution in [1.29, 1.82) is 0 Å². The van der Waals surface area contributed by atoms with Crippen molar-refractivity contribution in [2.45, 2.75) is 57.4 Å². The predicted octanol–water partition coefficient (Wildman–Crippen LogP) is 0.468. The molecular formula is C15H25N3O3. The third-order valence-electron chi connectivity index (χ3n) is 4.25. The van der Waals surface area contributed by atoms with Gasteiger partial charge in [0.25, 0.3) is 0 Å². The predicted molar refractivity (Wildman–Crippen MR) is 78.4 cm³/mol. The second-order valence-corrected chi connectivity index (χ2v) is 5.93. The van der Waals surface area contributed by atoms with E-state index in [1.165, 1.54) is 0 Å². The topological polar surface area (TPSA) is 87.3 Å². The minimum absolute atomic E-state index is 0.0625. The lowest BCUT2D eigenvalue weighted by Gasteiger charge is -2.15. The third kappa shape index (κ3) is 5.02. The van der Waals surface area contributed by atoms with Crippen molar-refractivity contribution in [1.82, 2.24) is 16.0 Å². The summed E-state index contributed by atoms with van der Waals surface area (Å²) in [5.74, 6) is -0.0900. The van der Waals surface area contributed by atoms with Crippen LogP contribution in [0.1, 0.15) is 51.4 Å². The monoisotopic (exact) mass is 295 g/mol. The maximum absolute atomic E-state index is 11.8. The summed E-state index contributed by atoms with van der Waals surface area (Å²) in [7, 11) is 0. The SMILES string of the molecule is O=C(CCNC(=O)C1CCCC1)N[C@H]1CCCCNC1=O. The Kier molecular flexibility index (Phi) is 6.02. The van der Waals surface area contributed by atoms with Crippen LogP contribution < -0.4 is 16.0 Å². The molecule has 3 amide bonds. The fourth-order valence-corrected chi connectivity index (χ4v) is 2.98. The number of carbonyl (C=O) groups excluding carboxylic acids is 3. The highest BCUT2D eigenvalue weighted by atomic mass is 16.2. The van der Waals surface area contributed by atoms with Gasteiger partial charge in [-0.05, 0) is 32.1 Å². The molecule has 2 rings (SSSR count). The molecule has 0 bridgehead atoms. The van der Waals surface area contributed by atoms with Crippen molar-refractivity contribution in [2.24, 2.45) is 5.92 Å². The number of hydrogen-bond donors (Lipinski definition) is 3. The first kappa shape index (κ1) is 15.8. The Morgan fingerprint density at radius 2 is 1.81 bits per heavy atom. The third-order valence-corrected chi connectivity index (χ3v) is 4.25. The molecule has 6 nitrogen and oxygen atoms in total. The number of hydrogen-bond acceptors (Lipinski definition) is 3. The van der Waals surface area contributed by atoms with Crippen molar-refractivity contribution in [2.75, 3.05) is 13.1 Å². The average molecular weight is 295 g/mol. The molecule has 1 aliphatic carbocycles. The summed E-state index contributed by atoms with van der Waals surface area (Å²) in [6.45, 7) is 1.03. The Hall–Kier alpha value is -1.59. The fraction of sp³-hybridized carbons (Fsp3) is 0.800. The lowest BCUT2D eigenvalue weighted by Crippen LogP contribution is -2.46. The van der Waals surface area contributed by atoms with Crippen LogP contribution in [-0.4, -0.2) is 36.9 Å². The molecule has 21 heavy (non-hydrogen) atoms. The van der Waals surface area contributed by atoms with Gasteiger partial charge in [0.05, 0.1) is 0 Å². The van der Waals surface area contributed by atoms with Crippen LogP contribution in [0.4, 0.5) is 0 Å². The van der Waals surface area contributed by atoms with Crippen molar-refractivity contribution in [3.63, 3.8) is 0 Å². The van der Waals surface area contributed by atoms with Crippen LogP contribution in [0, 0.1) is 5.92 Å². The Morgan fingerprint density at radius 1 is 1.10 bits per heavy atom. The molecule has 1 saturated carbocycles. The zero-order valence-corrected chi connectivity index (χ0v) is 12.5. The molecule has 1 saturated heterocycles. The molecule has 1 heterocycles. The summed E-state index contributed by atoms with van der Waals surface area (Å²) in [6.07, 6.45) is 6.96. The van der Waals surface area contributed by atoms with Gasteiger partial charge in [-0.25, -0.2) is 0 Å². The van der Waals surface area contributed by atoms with E-state index in [1.807, 2.05) is 0 Å². The summed E-state index contributed by atoms with van der Waals surface area (Å²) in [5, 5.41) is 8.35. The number of nitrogens with one attached hydrogen (secondary N) is 3. The van der Waals surface area contributed by atoms with Gasteiger partial charge in [-0.3, -0.25) is 14.4 Å². The number of amides is 3. The van der Waals surface area contributed by atoms with Crippen molar-refractivity contribution >= 4 is 17.7 Å². The van der Waals surface area contributed by atoms with E-state index in [1.54, 1.807) is 0 Å². The molecule has 0 aromatic carbocycles. The Bertz CT molecular complexity index is 392. The van der Waals surface area contributed by atoms with Crippen molar-refractivity contribution < 1.29 is 14.4 Å².